The second-order valence-electron chi connectivity index (χ2n) is 5.16. The fourth-order valence-electron chi connectivity index (χ4n) is 1.94. The third-order valence-electron chi connectivity index (χ3n) is 3.31. The first-order chi connectivity index (χ1) is 12.0. The summed E-state index contributed by atoms with van der Waals surface area (Å²) in [6.45, 7) is 0. The highest BCUT2D eigenvalue weighted by molar-refractivity contribution is 6.03. The van der Waals surface area contributed by atoms with Crippen LogP contribution in [0.4, 0.5) is 0 Å². The molecule has 0 aromatic heterocycles. The monoisotopic (exact) mass is 338 g/mol. The van der Waals surface area contributed by atoms with E-state index in [0.29, 0.717) is 5.75 Å². The first-order valence-corrected chi connectivity index (χ1v) is 7.45. The van der Waals surface area contributed by atoms with Crippen molar-refractivity contribution in [3.63, 3.8) is 0 Å². The predicted molar refractivity (Wildman–Crippen MR) is 95.7 cm³/mol. The molecule has 5 N–H and O–H groups in total. The lowest BCUT2D eigenvalue weighted by Gasteiger charge is -2.14. The zero-order valence-corrected chi connectivity index (χ0v) is 13.2. The fourth-order valence-corrected chi connectivity index (χ4v) is 1.94. The zero-order valence-electron chi connectivity index (χ0n) is 13.2. The van der Waals surface area contributed by atoms with Crippen LogP contribution in [0.3, 0.4) is 0 Å². The van der Waals surface area contributed by atoms with Gasteiger partial charge in [0.05, 0.1) is 0 Å². The molecule has 1 aromatic rings. The molecule has 0 saturated heterocycles. The van der Waals surface area contributed by atoms with E-state index >= 15 is 0 Å². The Balaban J connectivity index is 0.000000269. The van der Waals surface area contributed by atoms with Crippen LogP contribution in [0.5, 0.6) is 5.75 Å². The third kappa shape index (κ3) is 5.00. The molecule has 2 atom stereocenters. The van der Waals surface area contributed by atoms with Crippen LogP contribution in [0.25, 0.3) is 0 Å². The summed E-state index contributed by atoms with van der Waals surface area (Å²) >= 11 is 0. The van der Waals surface area contributed by atoms with E-state index in [4.69, 9.17) is 15.9 Å². The summed E-state index contributed by atoms with van der Waals surface area (Å²) in [6, 6.07) is 7.41. The van der Waals surface area contributed by atoms with Gasteiger partial charge in [0.2, 0.25) is 0 Å². The van der Waals surface area contributed by atoms with Crippen molar-refractivity contribution in [1.82, 2.24) is 0 Å². The maximum absolute atomic E-state index is 9.36. The number of phenols is 1. The van der Waals surface area contributed by atoms with Crippen molar-refractivity contribution < 1.29 is 15.3 Å². The molecule has 7 heteroatoms. The van der Waals surface area contributed by atoms with E-state index in [0.717, 1.165) is 0 Å². The number of nitrogens with one attached hydrogen (secondary N) is 2. The Morgan fingerprint density at radius 3 is 1.52 bits per heavy atom. The Morgan fingerprint density at radius 1 is 0.720 bits per heavy atom. The van der Waals surface area contributed by atoms with Gasteiger partial charge in [-0.15, -0.1) is 0 Å². The summed E-state index contributed by atoms with van der Waals surface area (Å²) in [6.07, 6.45) is 9.25. The Hall–Kier alpha value is -3.48. The van der Waals surface area contributed by atoms with E-state index < -0.39 is 12.1 Å². The van der Waals surface area contributed by atoms with Crippen LogP contribution in [0.2, 0.25) is 0 Å². The van der Waals surface area contributed by atoms with Gasteiger partial charge in [0.25, 0.3) is 0 Å². The highest BCUT2D eigenvalue weighted by Gasteiger charge is 2.20. The smallest absolute Gasteiger partial charge is 0.138 e. The number of nitrogens with zero attached hydrogens (tertiary/aromatic N) is 2. The summed E-state index contributed by atoms with van der Waals surface area (Å²) in [5, 5.41) is 50.4. The lowest BCUT2D eigenvalue weighted by molar-refractivity contribution is 0.436. The largest absolute Gasteiger partial charge is 0.508 e. The Morgan fingerprint density at radius 2 is 1.16 bits per heavy atom. The van der Waals surface area contributed by atoms with Crippen molar-refractivity contribution in [2.75, 3.05) is 0 Å². The van der Waals surface area contributed by atoms with Crippen LogP contribution in [0.1, 0.15) is 0 Å². The minimum atomic E-state index is -0.649. The number of phenolic OH excluding ortho intramolecular Hbond substituents is 1. The van der Waals surface area contributed by atoms with Gasteiger partial charge in [-0.25, -0.2) is 0 Å². The summed E-state index contributed by atoms with van der Waals surface area (Å²) < 4.78 is 0. The van der Waals surface area contributed by atoms with Gasteiger partial charge in [-0.1, -0.05) is 42.5 Å². The summed E-state index contributed by atoms with van der Waals surface area (Å²) in [5.41, 5.74) is -0.0698. The number of hydrogen-bond acceptors (Lipinski definition) is 7. The average molecular weight is 338 g/mol. The molecule has 7 nitrogen and oxygen atoms in total. The van der Waals surface area contributed by atoms with E-state index in [2.05, 4.69) is 10.2 Å². The molecule has 0 fully saturated rings. The summed E-state index contributed by atoms with van der Waals surface area (Å²) in [5.74, 6) is 0.0411. The molecule has 0 spiro atoms. The molecule has 0 amide bonds. The molecule has 25 heavy (non-hydrogen) atoms. The number of rotatable bonds is 2. The summed E-state index contributed by atoms with van der Waals surface area (Å²) in [7, 11) is 0. The molecule has 0 aliphatic heterocycles. The first kappa shape index (κ1) is 17.9. The van der Waals surface area contributed by atoms with Crippen molar-refractivity contribution in [3.8, 4) is 5.75 Å². The lowest BCUT2D eigenvalue weighted by Crippen LogP contribution is -2.22. The number of azo groups is 1. The summed E-state index contributed by atoms with van der Waals surface area (Å²) in [4.78, 5) is 0. The molecular weight excluding hydrogens is 320 g/mol. The molecule has 2 aliphatic carbocycles. The molecule has 0 radical (unpaired) electrons. The van der Waals surface area contributed by atoms with Crippen LogP contribution in [0.15, 0.2) is 88.5 Å². The first-order valence-electron chi connectivity index (χ1n) is 7.45. The highest BCUT2D eigenvalue weighted by Crippen LogP contribution is 2.14. The maximum Gasteiger partial charge on any atom is 0.138 e. The standard InChI is InChI=1S/C12H12N4O2.C6H6O/c13-11-7(3-1-5-9(11)17)15-16-8-4-2-6-10(18)12(8)14;7-6-4-2-1-3-5-6/h1-8,13-14,17-18H;1-5,7H. The van der Waals surface area contributed by atoms with Crippen molar-refractivity contribution in [1.29, 1.82) is 10.8 Å². The van der Waals surface area contributed by atoms with Crippen molar-refractivity contribution in [3.05, 3.63) is 78.3 Å². The van der Waals surface area contributed by atoms with Gasteiger partial charge >= 0.3 is 0 Å². The van der Waals surface area contributed by atoms with E-state index in [9.17, 15) is 10.2 Å². The number of para-hydroxylation sites is 1. The van der Waals surface area contributed by atoms with E-state index in [-0.39, 0.29) is 22.9 Å². The number of benzene rings is 1. The maximum atomic E-state index is 9.36. The number of allylic oxidation sites excluding steroid dienone is 4. The van der Waals surface area contributed by atoms with Gasteiger partial charge in [-0.3, -0.25) is 10.8 Å². The van der Waals surface area contributed by atoms with Gasteiger partial charge in [0, 0.05) is 0 Å². The van der Waals surface area contributed by atoms with Gasteiger partial charge in [-0.2, -0.15) is 10.2 Å². The van der Waals surface area contributed by atoms with Gasteiger partial charge in [0.15, 0.2) is 0 Å². The number of aromatic hydroxyl groups is 1. The number of aliphatic hydroxyl groups is 2. The molecule has 3 rings (SSSR count). The minimum Gasteiger partial charge on any atom is -0.508 e. The molecule has 0 saturated carbocycles. The van der Waals surface area contributed by atoms with Crippen LogP contribution < -0.4 is 0 Å². The molecule has 0 heterocycles. The molecular formula is C18H18N4O3. The fraction of sp³-hybridized carbons (Fsp3) is 0.111. The van der Waals surface area contributed by atoms with Gasteiger partial charge in [-0.05, 0) is 24.3 Å². The number of aliphatic hydroxyl groups excluding tert-OH is 2. The second kappa shape index (κ2) is 8.39. The molecule has 1 aromatic carbocycles. The minimum absolute atomic E-state index is 0.0349. The molecule has 128 valence electrons. The lowest BCUT2D eigenvalue weighted by atomic mass is 10.1. The van der Waals surface area contributed by atoms with Crippen molar-refractivity contribution >= 4 is 11.4 Å². The zero-order chi connectivity index (χ0) is 18.2. The Labute approximate surface area is 144 Å². The van der Waals surface area contributed by atoms with Crippen molar-refractivity contribution in [2.45, 2.75) is 12.1 Å². The van der Waals surface area contributed by atoms with Gasteiger partial charge < -0.3 is 15.3 Å². The predicted octanol–water partition coefficient (Wildman–Crippen LogP) is 3.63. The topological polar surface area (TPSA) is 133 Å². The van der Waals surface area contributed by atoms with Gasteiger partial charge in [0.1, 0.15) is 40.8 Å². The number of hydrogen-bond donors (Lipinski definition) is 5. The molecule has 2 unspecified atom stereocenters. The average Bonchev–Trinajstić information content (AvgIpc) is 2.61. The van der Waals surface area contributed by atoms with E-state index in [1.54, 1.807) is 48.6 Å². The molecule has 0 bridgehead atoms. The quantitative estimate of drug-likeness (QED) is 0.527. The van der Waals surface area contributed by atoms with Crippen LogP contribution in [-0.2, 0) is 0 Å². The normalized spacial score (nSPS) is 22.2. The van der Waals surface area contributed by atoms with Crippen LogP contribution in [0, 0.1) is 10.8 Å². The SMILES string of the molecule is N=C1C(O)=CC=CC1N=NC1C=CC=C(O)C1=N.Oc1ccccc1. The van der Waals surface area contributed by atoms with E-state index in [1.165, 1.54) is 12.2 Å². The molecule has 2 aliphatic rings. The van der Waals surface area contributed by atoms with Crippen LogP contribution >= 0.6 is 0 Å². The Kier molecular flexibility index (Phi) is 6.00. The highest BCUT2D eigenvalue weighted by atomic mass is 16.3. The van der Waals surface area contributed by atoms with Crippen LogP contribution in [-0.4, -0.2) is 38.8 Å². The van der Waals surface area contributed by atoms with E-state index in [1.807, 2.05) is 6.07 Å². The Bertz CT molecular complexity index is 744. The third-order valence-corrected chi connectivity index (χ3v) is 3.31. The van der Waals surface area contributed by atoms with Crippen molar-refractivity contribution in [2.24, 2.45) is 10.2 Å². The second-order valence-corrected chi connectivity index (χ2v) is 5.16.